The zero-order valence-electron chi connectivity index (χ0n) is 18.2. The molecule has 0 spiro atoms. The van der Waals surface area contributed by atoms with Gasteiger partial charge in [0.2, 0.25) is 0 Å². The molecular formula is C23H40O3. The van der Waals surface area contributed by atoms with Crippen LogP contribution in [0.3, 0.4) is 0 Å². The molecule has 7 atom stereocenters. The molecule has 150 valence electrons. The Morgan fingerprint density at radius 1 is 0.962 bits per heavy atom. The largest absolute Gasteiger partial charge is 0.436 e. The second-order valence-corrected chi connectivity index (χ2v) is 11.9. The molecule has 0 aliphatic heterocycles. The number of esters is 1. The van der Waals surface area contributed by atoms with E-state index in [1.165, 1.54) is 25.7 Å². The predicted molar refractivity (Wildman–Crippen MR) is 104 cm³/mol. The molecule has 0 aromatic carbocycles. The molecule has 3 nitrogen and oxygen atoms in total. The van der Waals surface area contributed by atoms with Crippen molar-refractivity contribution in [1.29, 1.82) is 0 Å². The molecule has 3 heteroatoms. The highest BCUT2D eigenvalue weighted by molar-refractivity contribution is 5.77. The van der Waals surface area contributed by atoms with E-state index < -0.39 is 11.7 Å². The van der Waals surface area contributed by atoms with Gasteiger partial charge in [0, 0.05) is 0 Å². The molecule has 4 saturated carbocycles. The van der Waals surface area contributed by atoms with Gasteiger partial charge in [-0.2, -0.15) is 0 Å². The molecule has 7 unspecified atom stereocenters. The molecule has 26 heavy (non-hydrogen) atoms. The van der Waals surface area contributed by atoms with E-state index in [9.17, 15) is 4.79 Å². The van der Waals surface area contributed by atoms with Gasteiger partial charge in [0.1, 0.15) is 0 Å². The summed E-state index contributed by atoms with van der Waals surface area (Å²) in [5.41, 5.74) is -0.632. The van der Waals surface area contributed by atoms with Crippen LogP contribution in [0.4, 0.5) is 0 Å². The molecule has 0 aromatic rings. The van der Waals surface area contributed by atoms with Crippen molar-refractivity contribution >= 4 is 5.97 Å². The smallest absolute Gasteiger partial charge is 0.314 e. The lowest BCUT2D eigenvalue weighted by Crippen LogP contribution is -2.46. The maximum atomic E-state index is 13.2. The molecule has 0 heterocycles. The third kappa shape index (κ3) is 3.70. The minimum absolute atomic E-state index is 0.0641. The fourth-order valence-electron chi connectivity index (χ4n) is 6.12. The maximum Gasteiger partial charge on any atom is 0.314 e. The van der Waals surface area contributed by atoms with Crippen molar-refractivity contribution in [1.82, 2.24) is 0 Å². The summed E-state index contributed by atoms with van der Waals surface area (Å²) < 4.78 is 12.2. The lowest BCUT2D eigenvalue weighted by atomic mass is 9.61. The van der Waals surface area contributed by atoms with E-state index >= 15 is 0 Å². The Morgan fingerprint density at radius 3 is 2.12 bits per heavy atom. The Bertz CT molecular complexity index is 537. The second-order valence-electron chi connectivity index (χ2n) is 11.9. The molecule has 4 rings (SSSR count). The minimum Gasteiger partial charge on any atom is -0.436 e. The van der Waals surface area contributed by atoms with E-state index in [4.69, 9.17) is 9.47 Å². The first-order chi connectivity index (χ1) is 11.8. The quantitative estimate of drug-likeness (QED) is 0.456. The number of hydrogen-bond acceptors (Lipinski definition) is 3. The Kier molecular flexibility index (Phi) is 5.04. The van der Waals surface area contributed by atoms with Gasteiger partial charge < -0.3 is 9.47 Å². The number of carbonyl (C=O) groups is 1. The van der Waals surface area contributed by atoms with Crippen LogP contribution in [-0.2, 0) is 14.3 Å². The first kappa shape index (κ1) is 20.2. The molecule has 4 bridgehead atoms. The van der Waals surface area contributed by atoms with Gasteiger partial charge in [-0.05, 0) is 80.5 Å². The molecule has 0 N–H and O–H groups in total. The van der Waals surface area contributed by atoms with Gasteiger partial charge in [0.25, 0.3) is 0 Å². The van der Waals surface area contributed by atoms with Gasteiger partial charge in [-0.3, -0.25) is 4.79 Å². The highest BCUT2D eigenvalue weighted by Crippen LogP contribution is 2.59. The average molecular weight is 365 g/mol. The van der Waals surface area contributed by atoms with E-state index in [0.29, 0.717) is 17.9 Å². The van der Waals surface area contributed by atoms with Crippen LogP contribution in [0, 0.1) is 39.9 Å². The standard InChI is InChI=1S/C23H40O3/c1-14(25-19-17-10-15-9-16(12-17)18(19)11-15)26-20(24)23(8,22(5,6)7)13-21(2,3)4/h14-19H,9-13H2,1-8H3. The number of ether oxygens (including phenoxy) is 2. The Labute approximate surface area is 160 Å². The first-order valence-electron chi connectivity index (χ1n) is 10.7. The van der Waals surface area contributed by atoms with Gasteiger partial charge >= 0.3 is 5.97 Å². The number of rotatable bonds is 5. The lowest BCUT2D eigenvalue weighted by molar-refractivity contribution is -0.211. The fraction of sp³-hybridized carbons (Fsp3) is 0.957. The summed E-state index contributed by atoms with van der Waals surface area (Å²) in [5, 5.41) is 0. The molecule has 0 radical (unpaired) electrons. The van der Waals surface area contributed by atoms with Crippen molar-refractivity contribution in [2.45, 2.75) is 99.9 Å². The van der Waals surface area contributed by atoms with Crippen molar-refractivity contribution in [3.63, 3.8) is 0 Å². The van der Waals surface area contributed by atoms with Crippen LogP contribution in [0.15, 0.2) is 0 Å². The van der Waals surface area contributed by atoms with Crippen molar-refractivity contribution < 1.29 is 14.3 Å². The molecular weight excluding hydrogens is 324 g/mol. The lowest BCUT2D eigenvalue weighted by Gasteiger charge is -2.44. The molecule has 4 aliphatic rings. The third-order valence-electron chi connectivity index (χ3n) is 7.59. The molecule has 4 aliphatic carbocycles. The zero-order valence-corrected chi connectivity index (χ0v) is 18.2. The molecule has 0 amide bonds. The van der Waals surface area contributed by atoms with Crippen LogP contribution in [-0.4, -0.2) is 18.4 Å². The van der Waals surface area contributed by atoms with Crippen LogP contribution in [0.5, 0.6) is 0 Å². The summed E-state index contributed by atoms with van der Waals surface area (Å²) in [4.78, 5) is 13.2. The highest BCUT2D eigenvalue weighted by atomic mass is 16.7. The molecule has 0 saturated heterocycles. The van der Waals surface area contributed by atoms with Crippen molar-refractivity contribution in [2.75, 3.05) is 0 Å². The van der Waals surface area contributed by atoms with Crippen LogP contribution in [0.1, 0.15) is 87.5 Å². The van der Waals surface area contributed by atoms with Crippen LogP contribution >= 0.6 is 0 Å². The van der Waals surface area contributed by atoms with E-state index in [1.54, 1.807) is 0 Å². The van der Waals surface area contributed by atoms with E-state index in [2.05, 4.69) is 48.5 Å². The Hall–Kier alpha value is -0.570. The monoisotopic (exact) mass is 364 g/mol. The maximum absolute atomic E-state index is 13.2. The first-order valence-corrected chi connectivity index (χ1v) is 10.7. The molecule has 4 fully saturated rings. The fourth-order valence-corrected chi connectivity index (χ4v) is 6.12. The SMILES string of the molecule is CC(OC(=O)C(C)(CC(C)(C)C)C(C)(C)C)OC1C2CC3CC(C2)C1C3. The van der Waals surface area contributed by atoms with Gasteiger partial charge in [-0.25, -0.2) is 0 Å². The van der Waals surface area contributed by atoms with Gasteiger partial charge in [0.15, 0.2) is 6.29 Å². The second kappa shape index (κ2) is 6.50. The minimum atomic E-state index is -0.532. The third-order valence-corrected chi connectivity index (χ3v) is 7.59. The Balaban J connectivity index is 1.64. The van der Waals surface area contributed by atoms with Crippen LogP contribution in [0.2, 0.25) is 0 Å². The molecule has 0 aromatic heterocycles. The van der Waals surface area contributed by atoms with E-state index in [1.807, 2.05) is 6.92 Å². The van der Waals surface area contributed by atoms with Gasteiger partial charge in [0.05, 0.1) is 11.5 Å². The van der Waals surface area contributed by atoms with Gasteiger partial charge in [-0.15, -0.1) is 0 Å². The van der Waals surface area contributed by atoms with E-state index in [0.717, 1.165) is 18.3 Å². The number of hydrogen-bond donors (Lipinski definition) is 0. The normalized spacial score (nSPS) is 36.8. The topological polar surface area (TPSA) is 35.5 Å². The van der Waals surface area contributed by atoms with Crippen LogP contribution < -0.4 is 0 Å². The van der Waals surface area contributed by atoms with Crippen molar-refractivity contribution in [2.24, 2.45) is 39.9 Å². The summed E-state index contributed by atoms with van der Waals surface area (Å²) in [5.74, 6) is 3.11. The summed E-state index contributed by atoms with van der Waals surface area (Å²) in [6, 6.07) is 0. The highest BCUT2D eigenvalue weighted by Gasteiger charge is 2.55. The van der Waals surface area contributed by atoms with E-state index in [-0.39, 0.29) is 16.8 Å². The summed E-state index contributed by atoms with van der Waals surface area (Å²) in [7, 11) is 0. The zero-order chi connectivity index (χ0) is 19.5. The Morgan fingerprint density at radius 2 is 1.58 bits per heavy atom. The summed E-state index contributed by atoms with van der Waals surface area (Å²) >= 11 is 0. The van der Waals surface area contributed by atoms with Crippen molar-refractivity contribution in [3.05, 3.63) is 0 Å². The van der Waals surface area contributed by atoms with Crippen molar-refractivity contribution in [3.8, 4) is 0 Å². The van der Waals surface area contributed by atoms with Gasteiger partial charge in [-0.1, -0.05) is 41.5 Å². The summed E-state index contributed by atoms with van der Waals surface area (Å²) in [6.07, 6.45) is 6.04. The number of carbonyl (C=O) groups excluding carboxylic acids is 1. The van der Waals surface area contributed by atoms with Crippen LogP contribution in [0.25, 0.3) is 0 Å². The summed E-state index contributed by atoms with van der Waals surface area (Å²) in [6.45, 7) is 17.0. The average Bonchev–Trinajstić information content (AvgIpc) is 2.86. The predicted octanol–water partition coefficient (Wildman–Crippen LogP) is 5.82.